The lowest BCUT2D eigenvalue weighted by atomic mass is 10.2. The van der Waals surface area contributed by atoms with Crippen LogP contribution >= 0.6 is 0 Å². The number of non-ortho nitro benzene ring substituents is 1. The largest absolute Gasteiger partial charge is 0.270 e. The van der Waals surface area contributed by atoms with Crippen molar-refractivity contribution in [2.24, 2.45) is 0 Å². The van der Waals surface area contributed by atoms with Crippen LogP contribution in [-0.2, 0) is 0 Å². The Balaban J connectivity index is 2.11. The first-order valence-electron chi connectivity index (χ1n) is 5.71. The fourth-order valence-electron chi connectivity index (χ4n) is 1.89. The normalized spacial score (nSPS) is 10.8. The van der Waals surface area contributed by atoms with Gasteiger partial charge in [0.1, 0.15) is 0 Å². The van der Waals surface area contributed by atoms with Crippen molar-refractivity contribution in [3.05, 3.63) is 58.4 Å². The number of aromatic nitrogens is 3. The van der Waals surface area contributed by atoms with Crippen LogP contribution in [0.5, 0.6) is 0 Å². The number of rotatable bonds is 2. The average molecular weight is 254 g/mol. The number of nitro benzene ring substituents is 1. The summed E-state index contributed by atoms with van der Waals surface area (Å²) >= 11 is 0. The topological polar surface area (TPSA) is 73.8 Å². The molecule has 94 valence electrons. The number of aryl methyl sites for hydroxylation is 1. The number of fused-ring (bicyclic) bond motifs is 1. The van der Waals surface area contributed by atoms with Crippen LogP contribution in [-0.4, -0.2) is 19.7 Å². The third-order valence-electron chi connectivity index (χ3n) is 2.83. The van der Waals surface area contributed by atoms with Crippen LogP contribution < -0.4 is 0 Å². The quantitative estimate of drug-likeness (QED) is 0.520. The number of benzene rings is 1. The second kappa shape index (κ2) is 4.16. The van der Waals surface area contributed by atoms with Crippen LogP contribution in [0.25, 0.3) is 16.7 Å². The van der Waals surface area contributed by atoms with Gasteiger partial charge in [0.15, 0.2) is 5.82 Å². The number of pyridine rings is 1. The molecule has 0 atom stereocenters. The van der Waals surface area contributed by atoms with Crippen molar-refractivity contribution in [2.45, 2.75) is 6.92 Å². The molecular formula is C13H10N4O2. The van der Waals surface area contributed by atoms with E-state index in [0.717, 1.165) is 11.1 Å². The number of hydrogen-bond donors (Lipinski definition) is 0. The van der Waals surface area contributed by atoms with Crippen LogP contribution in [0.4, 0.5) is 5.69 Å². The SMILES string of the molecule is Cc1ccn(-c2ccc3cc([N+](=O)[O-])ccc3n2)n1. The Morgan fingerprint density at radius 1 is 1.21 bits per heavy atom. The zero-order valence-electron chi connectivity index (χ0n) is 10.1. The molecule has 6 heteroatoms. The maximum absolute atomic E-state index is 10.7. The van der Waals surface area contributed by atoms with Gasteiger partial charge in [0.2, 0.25) is 0 Å². The Morgan fingerprint density at radius 3 is 2.74 bits per heavy atom. The summed E-state index contributed by atoms with van der Waals surface area (Å²) in [5.41, 5.74) is 1.68. The van der Waals surface area contributed by atoms with E-state index in [1.54, 1.807) is 16.8 Å². The highest BCUT2D eigenvalue weighted by Crippen LogP contribution is 2.20. The Kier molecular flexibility index (Phi) is 2.49. The predicted molar refractivity (Wildman–Crippen MR) is 70.3 cm³/mol. The lowest BCUT2D eigenvalue weighted by molar-refractivity contribution is -0.384. The first-order valence-corrected chi connectivity index (χ1v) is 5.71. The molecule has 0 spiro atoms. The molecule has 0 saturated carbocycles. The first kappa shape index (κ1) is 11.3. The van der Waals surface area contributed by atoms with E-state index in [9.17, 15) is 10.1 Å². The summed E-state index contributed by atoms with van der Waals surface area (Å²) in [6.45, 7) is 1.90. The Labute approximate surface area is 108 Å². The summed E-state index contributed by atoms with van der Waals surface area (Å²) in [6.07, 6.45) is 1.83. The molecule has 0 saturated heterocycles. The number of nitrogens with zero attached hydrogens (tertiary/aromatic N) is 4. The minimum atomic E-state index is -0.412. The smallest absolute Gasteiger partial charge is 0.258 e. The molecule has 6 nitrogen and oxygen atoms in total. The van der Waals surface area contributed by atoms with Gasteiger partial charge < -0.3 is 0 Å². The number of hydrogen-bond acceptors (Lipinski definition) is 4. The third kappa shape index (κ3) is 2.03. The summed E-state index contributed by atoms with van der Waals surface area (Å²) in [5.74, 6) is 0.689. The van der Waals surface area contributed by atoms with Gasteiger partial charge in [-0.3, -0.25) is 10.1 Å². The van der Waals surface area contributed by atoms with Gasteiger partial charge in [-0.15, -0.1) is 0 Å². The van der Waals surface area contributed by atoms with E-state index in [2.05, 4.69) is 10.1 Å². The van der Waals surface area contributed by atoms with Crippen LogP contribution in [0.2, 0.25) is 0 Å². The molecule has 19 heavy (non-hydrogen) atoms. The third-order valence-corrected chi connectivity index (χ3v) is 2.83. The molecule has 2 heterocycles. The van der Waals surface area contributed by atoms with Crippen LogP contribution in [0.15, 0.2) is 42.6 Å². The van der Waals surface area contributed by atoms with Crippen molar-refractivity contribution in [1.29, 1.82) is 0 Å². The second-order valence-electron chi connectivity index (χ2n) is 4.21. The number of nitro groups is 1. The molecule has 3 aromatic rings. The summed E-state index contributed by atoms with van der Waals surface area (Å²) in [4.78, 5) is 14.7. The fourth-order valence-corrected chi connectivity index (χ4v) is 1.89. The van der Waals surface area contributed by atoms with Gasteiger partial charge >= 0.3 is 0 Å². The molecule has 3 rings (SSSR count). The predicted octanol–water partition coefficient (Wildman–Crippen LogP) is 2.64. The van der Waals surface area contributed by atoms with Crippen molar-refractivity contribution in [3.8, 4) is 5.82 Å². The lowest BCUT2D eigenvalue weighted by Crippen LogP contribution is -1.98. The monoisotopic (exact) mass is 254 g/mol. The van der Waals surface area contributed by atoms with E-state index in [4.69, 9.17) is 0 Å². The van der Waals surface area contributed by atoms with Gasteiger partial charge in [0, 0.05) is 23.7 Å². The van der Waals surface area contributed by atoms with Crippen LogP contribution in [0.3, 0.4) is 0 Å². The van der Waals surface area contributed by atoms with Crippen molar-refractivity contribution < 1.29 is 4.92 Å². The van der Waals surface area contributed by atoms with Gasteiger partial charge in [-0.25, -0.2) is 9.67 Å². The molecule has 0 aliphatic carbocycles. The van der Waals surface area contributed by atoms with Crippen LogP contribution in [0, 0.1) is 17.0 Å². The molecule has 0 amide bonds. The Hall–Kier alpha value is -2.76. The molecule has 2 aromatic heterocycles. The van der Waals surface area contributed by atoms with Gasteiger partial charge in [0.05, 0.1) is 16.1 Å². The molecule has 0 fully saturated rings. The van der Waals surface area contributed by atoms with Gasteiger partial charge in [0.25, 0.3) is 5.69 Å². The first-order chi connectivity index (χ1) is 9.13. The van der Waals surface area contributed by atoms with E-state index >= 15 is 0 Å². The van der Waals surface area contributed by atoms with Crippen molar-refractivity contribution >= 4 is 16.6 Å². The molecule has 0 aliphatic rings. The molecule has 0 unspecified atom stereocenters. The highest BCUT2D eigenvalue weighted by Gasteiger charge is 2.08. The van der Waals surface area contributed by atoms with Crippen molar-refractivity contribution in [1.82, 2.24) is 14.8 Å². The zero-order valence-corrected chi connectivity index (χ0v) is 10.1. The molecule has 0 radical (unpaired) electrons. The summed E-state index contributed by atoms with van der Waals surface area (Å²) in [7, 11) is 0. The Morgan fingerprint density at radius 2 is 2.05 bits per heavy atom. The van der Waals surface area contributed by atoms with E-state index in [-0.39, 0.29) is 5.69 Å². The van der Waals surface area contributed by atoms with E-state index < -0.39 is 4.92 Å². The van der Waals surface area contributed by atoms with Crippen molar-refractivity contribution in [3.63, 3.8) is 0 Å². The van der Waals surface area contributed by atoms with Gasteiger partial charge in [-0.1, -0.05) is 0 Å². The highest BCUT2D eigenvalue weighted by atomic mass is 16.6. The standard InChI is InChI=1S/C13H10N4O2/c1-9-6-7-16(15-9)13-5-2-10-8-11(17(18)19)3-4-12(10)14-13/h2-8H,1H3. The van der Waals surface area contributed by atoms with Crippen molar-refractivity contribution in [2.75, 3.05) is 0 Å². The van der Waals surface area contributed by atoms with Gasteiger partial charge in [-0.05, 0) is 31.2 Å². The highest BCUT2D eigenvalue weighted by molar-refractivity contribution is 5.81. The van der Waals surface area contributed by atoms with E-state index in [0.29, 0.717) is 11.3 Å². The van der Waals surface area contributed by atoms with Crippen LogP contribution in [0.1, 0.15) is 5.69 Å². The molecule has 0 aliphatic heterocycles. The minimum absolute atomic E-state index is 0.0667. The molecule has 0 bridgehead atoms. The van der Waals surface area contributed by atoms with E-state index in [1.807, 2.05) is 25.3 Å². The Bertz CT molecular complexity index is 779. The zero-order chi connectivity index (χ0) is 13.4. The minimum Gasteiger partial charge on any atom is -0.258 e. The maximum atomic E-state index is 10.7. The molecular weight excluding hydrogens is 244 g/mol. The lowest BCUT2D eigenvalue weighted by Gasteiger charge is -2.02. The summed E-state index contributed by atoms with van der Waals surface area (Å²) in [5, 5.41) is 15.7. The molecule has 1 aromatic carbocycles. The average Bonchev–Trinajstić information content (AvgIpc) is 2.84. The molecule has 0 N–H and O–H groups in total. The van der Waals surface area contributed by atoms with Gasteiger partial charge in [-0.2, -0.15) is 5.10 Å². The van der Waals surface area contributed by atoms with E-state index in [1.165, 1.54) is 12.1 Å². The summed E-state index contributed by atoms with van der Waals surface area (Å²) in [6, 6.07) is 10.1. The summed E-state index contributed by atoms with van der Waals surface area (Å²) < 4.78 is 1.68. The maximum Gasteiger partial charge on any atom is 0.270 e. The second-order valence-corrected chi connectivity index (χ2v) is 4.21. The fraction of sp³-hybridized carbons (Fsp3) is 0.0769.